The van der Waals surface area contributed by atoms with Gasteiger partial charge in [-0.15, -0.1) is 0 Å². The van der Waals surface area contributed by atoms with E-state index in [4.69, 9.17) is 0 Å². The molecule has 1 spiro atoms. The van der Waals surface area contributed by atoms with Crippen molar-refractivity contribution in [2.75, 3.05) is 0 Å². The van der Waals surface area contributed by atoms with Crippen molar-refractivity contribution in [3.05, 3.63) is 180 Å². The molecule has 2 aliphatic rings. The van der Waals surface area contributed by atoms with E-state index in [1.165, 1.54) is 88.0 Å². The molecule has 2 aliphatic carbocycles. The van der Waals surface area contributed by atoms with Gasteiger partial charge in [-0.1, -0.05) is 146 Å². The lowest BCUT2D eigenvalue weighted by atomic mass is 9.70. The molecular formula is C43H26. The van der Waals surface area contributed by atoms with E-state index in [9.17, 15) is 0 Å². The molecular weight excluding hydrogens is 516 g/mol. The fourth-order valence-corrected chi connectivity index (χ4v) is 8.37. The number of hydrogen-bond donors (Lipinski definition) is 0. The van der Waals surface area contributed by atoms with Gasteiger partial charge in [-0.2, -0.15) is 0 Å². The summed E-state index contributed by atoms with van der Waals surface area (Å²) >= 11 is 0. The highest BCUT2D eigenvalue weighted by Crippen LogP contribution is 2.63. The Kier molecular flexibility index (Phi) is 4.47. The van der Waals surface area contributed by atoms with E-state index in [0.29, 0.717) is 0 Å². The first-order valence-corrected chi connectivity index (χ1v) is 15.1. The molecule has 0 N–H and O–H groups in total. The first-order valence-electron chi connectivity index (χ1n) is 15.1. The summed E-state index contributed by atoms with van der Waals surface area (Å²) in [5.74, 6) is 0. The summed E-state index contributed by atoms with van der Waals surface area (Å²) in [5.41, 5.74) is 13.0. The van der Waals surface area contributed by atoms with Crippen LogP contribution >= 0.6 is 0 Å². The van der Waals surface area contributed by atoms with Gasteiger partial charge in [0, 0.05) is 0 Å². The van der Waals surface area contributed by atoms with Gasteiger partial charge in [0.1, 0.15) is 0 Å². The van der Waals surface area contributed by atoms with Gasteiger partial charge in [0.25, 0.3) is 0 Å². The zero-order valence-corrected chi connectivity index (χ0v) is 23.5. The fraction of sp³-hybridized carbons (Fsp3) is 0.0233. The van der Waals surface area contributed by atoms with E-state index in [1.807, 2.05) is 0 Å². The molecule has 0 atom stereocenters. The summed E-state index contributed by atoms with van der Waals surface area (Å²) in [4.78, 5) is 0. The highest BCUT2D eigenvalue weighted by atomic mass is 14.5. The molecule has 43 heavy (non-hydrogen) atoms. The topological polar surface area (TPSA) is 0 Å². The first kappa shape index (κ1) is 23.1. The first-order chi connectivity index (χ1) is 21.3. The van der Waals surface area contributed by atoms with Crippen LogP contribution in [0.25, 0.3) is 65.7 Å². The second-order valence-corrected chi connectivity index (χ2v) is 12.0. The van der Waals surface area contributed by atoms with Crippen molar-refractivity contribution in [3.8, 4) is 33.4 Å². The Morgan fingerprint density at radius 3 is 1.44 bits per heavy atom. The molecule has 0 aliphatic heterocycles. The second-order valence-electron chi connectivity index (χ2n) is 12.0. The Hall–Kier alpha value is -5.46. The summed E-state index contributed by atoms with van der Waals surface area (Å²) in [6.45, 7) is 0. The highest BCUT2D eigenvalue weighted by molar-refractivity contribution is 6.30. The van der Waals surface area contributed by atoms with Crippen LogP contribution in [0, 0.1) is 0 Å². The molecule has 0 unspecified atom stereocenters. The quantitative estimate of drug-likeness (QED) is 0.191. The van der Waals surface area contributed by atoms with Crippen molar-refractivity contribution in [3.63, 3.8) is 0 Å². The predicted molar refractivity (Wildman–Crippen MR) is 181 cm³/mol. The maximum absolute atomic E-state index is 2.42. The molecule has 0 aromatic heterocycles. The lowest BCUT2D eigenvalue weighted by molar-refractivity contribution is 0.797. The van der Waals surface area contributed by atoms with E-state index in [2.05, 4.69) is 158 Å². The van der Waals surface area contributed by atoms with Crippen molar-refractivity contribution in [1.29, 1.82) is 0 Å². The Balaban J connectivity index is 1.29. The van der Waals surface area contributed by atoms with Gasteiger partial charge >= 0.3 is 0 Å². The minimum Gasteiger partial charge on any atom is -0.0622 e. The van der Waals surface area contributed by atoms with Gasteiger partial charge in [-0.25, -0.2) is 0 Å². The standard InChI is InChI=1S/C43H26/c1-2-11-27(12-3-1)28-13-8-14-29(25-28)30-23-24-31-34-17-9-21-39-41(34)42-35(36(31)26-30)18-10-22-40(42)43(39)37-19-6-4-15-32(37)33-16-5-7-20-38(33)43/h1-26H. The van der Waals surface area contributed by atoms with E-state index >= 15 is 0 Å². The highest BCUT2D eigenvalue weighted by Gasteiger charge is 2.50. The van der Waals surface area contributed by atoms with E-state index in [1.54, 1.807) is 0 Å². The lowest BCUT2D eigenvalue weighted by Crippen LogP contribution is -2.25. The summed E-state index contributed by atoms with van der Waals surface area (Å²) in [5, 5.41) is 8.14. The third-order valence-corrected chi connectivity index (χ3v) is 10.0. The summed E-state index contributed by atoms with van der Waals surface area (Å²) in [7, 11) is 0. The number of benzene rings is 8. The van der Waals surface area contributed by atoms with Crippen molar-refractivity contribution >= 4 is 32.3 Å². The minimum atomic E-state index is -0.307. The van der Waals surface area contributed by atoms with Crippen LogP contribution in [0.1, 0.15) is 22.3 Å². The van der Waals surface area contributed by atoms with Crippen molar-refractivity contribution in [1.82, 2.24) is 0 Å². The summed E-state index contributed by atoms with van der Waals surface area (Å²) < 4.78 is 0. The molecule has 0 nitrogen and oxygen atoms in total. The van der Waals surface area contributed by atoms with Crippen molar-refractivity contribution < 1.29 is 0 Å². The van der Waals surface area contributed by atoms with Gasteiger partial charge < -0.3 is 0 Å². The average Bonchev–Trinajstić information content (AvgIpc) is 3.56. The molecule has 0 heteroatoms. The third kappa shape index (κ3) is 2.86. The number of fused-ring (bicyclic) bond motifs is 10. The van der Waals surface area contributed by atoms with Gasteiger partial charge in [0.2, 0.25) is 0 Å². The lowest BCUT2D eigenvalue weighted by Gasteiger charge is -2.30. The molecule has 0 saturated carbocycles. The summed E-state index contributed by atoms with van der Waals surface area (Å²) in [6.07, 6.45) is 0. The smallest absolute Gasteiger partial charge is 0.0622 e. The number of hydrogen-bond acceptors (Lipinski definition) is 0. The van der Waals surface area contributed by atoms with Crippen LogP contribution in [-0.2, 0) is 5.41 Å². The van der Waals surface area contributed by atoms with Crippen molar-refractivity contribution in [2.45, 2.75) is 5.41 Å². The second kappa shape index (κ2) is 8.31. The molecule has 0 fully saturated rings. The SMILES string of the molecule is c1ccc(-c2cccc(-c3ccc4c(c3)c3cccc5c3c3c(cccc43)C53c4ccccc4-c4ccccc43)c2)cc1. The van der Waals surface area contributed by atoms with Gasteiger partial charge in [-0.3, -0.25) is 0 Å². The Bertz CT molecular complexity index is 2400. The van der Waals surface area contributed by atoms with Crippen LogP contribution in [0.4, 0.5) is 0 Å². The van der Waals surface area contributed by atoms with Crippen LogP contribution in [0.3, 0.4) is 0 Å². The van der Waals surface area contributed by atoms with Crippen molar-refractivity contribution in [2.24, 2.45) is 0 Å². The van der Waals surface area contributed by atoms with E-state index in [-0.39, 0.29) is 5.41 Å². The predicted octanol–water partition coefficient (Wildman–Crippen LogP) is 11.2. The average molecular weight is 543 g/mol. The molecule has 0 radical (unpaired) electrons. The normalized spacial score (nSPS) is 13.8. The van der Waals surface area contributed by atoms with Crippen LogP contribution in [-0.4, -0.2) is 0 Å². The third-order valence-electron chi connectivity index (χ3n) is 10.0. The Labute approximate surface area is 250 Å². The van der Waals surface area contributed by atoms with Crippen LogP contribution in [0.5, 0.6) is 0 Å². The van der Waals surface area contributed by atoms with Gasteiger partial charge in [0.15, 0.2) is 0 Å². The molecule has 0 heterocycles. The van der Waals surface area contributed by atoms with E-state index in [0.717, 1.165) is 0 Å². The largest absolute Gasteiger partial charge is 0.0725 e. The molecule has 0 saturated heterocycles. The molecule has 10 rings (SSSR count). The molecule has 198 valence electrons. The minimum absolute atomic E-state index is 0.307. The maximum atomic E-state index is 2.42. The van der Waals surface area contributed by atoms with Gasteiger partial charge in [0.05, 0.1) is 5.41 Å². The Morgan fingerprint density at radius 2 is 0.767 bits per heavy atom. The zero-order chi connectivity index (χ0) is 28.1. The monoisotopic (exact) mass is 542 g/mol. The summed E-state index contributed by atoms with van der Waals surface area (Å²) in [6, 6.07) is 58.8. The maximum Gasteiger partial charge on any atom is 0.0725 e. The molecule has 8 aromatic rings. The molecule has 0 amide bonds. The Morgan fingerprint density at radius 1 is 0.279 bits per heavy atom. The molecule has 0 bridgehead atoms. The van der Waals surface area contributed by atoms with Crippen LogP contribution < -0.4 is 0 Å². The molecule has 8 aromatic carbocycles. The van der Waals surface area contributed by atoms with Crippen LogP contribution in [0.2, 0.25) is 0 Å². The number of rotatable bonds is 2. The van der Waals surface area contributed by atoms with Crippen LogP contribution in [0.15, 0.2) is 158 Å². The fourth-order valence-electron chi connectivity index (χ4n) is 8.37. The van der Waals surface area contributed by atoms with Gasteiger partial charge in [-0.05, 0) is 100 Å². The zero-order valence-electron chi connectivity index (χ0n) is 23.5. The van der Waals surface area contributed by atoms with E-state index < -0.39 is 0 Å².